The molecule has 0 aliphatic rings. The van der Waals surface area contributed by atoms with Gasteiger partial charge in [0.25, 0.3) is 5.91 Å². The second-order valence-corrected chi connectivity index (χ2v) is 4.54. The van der Waals surface area contributed by atoms with Crippen molar-refractivity contribution in [3.05, 3.63) is 71.3 Å². The van der Waals surface area contributed by atoms with Crippen molar-refractivity contribution >= 4 is 5.91 Å². The van der Waals surface area contributed by atoms with Gasteiger partial charge in [-0.3, -0.25) is 10.2 Å². The molecular formula is C16H18N2O. The van der Waals surface area contributed by atoms with Gasteiger partial charge in [-0.15, -0.1) is 0 Å². The van der Waals surface area contributed by atoms with Gasteiger partial charge in [-0.25, -0.2) is 5.43 Å². The zero-order valence-corrected chi connectivity index (χ0v) is 11.2. The number of amides is 1. The van der Waals surface area contributed by atoms with Crippen molar-refractivity contribution in [1.82, 2.24) is 10.9 Å². The van der Waals surface area contributed by atoms with Crippen LogP contribution in [-0.2, 0) is 0 Å². The van der Waals surface area contributed by atoms with Gasteiger partial charge in [0.1, 0.15) is 0 Å². The van der Waals surface area contributed by atoms with Gasteiger partial charge in [-0.05, 0) is 37.1 Å². The average molecular weight is 254 g/mol. The molecule has 2 rings (SSSR count). The van der Waals surface area contributed by atoms with Crippen LogP contribution in [0.5, 0.6) is 0 Å². The van der Waals surface area contributed by atoms with Crippen LogP contribution in [0.15, 0.2) is 54.6 Å². The number of nitrogens with one attached hydrogen (secondary N) is 2. The molecule has 98 valence electrons. The molecule has 2 aromatic carbocycles. The highest BCUT2D eigenvalue weighted by Gasteiger charge is 2.09. The van der Waals surface area contributed by atoms with E-state index in [-0.39, 0.29) is 11.9 Å². The zero-order valence-electron chi connectivity index (χ0n) is 11.2. The van der Waals surface area contributed by atoms with Crippen molar-refractivity contribution < 1.29 is 4.79 Å². The van der Waals surface area contributed by atoms with E-state index in [4.69, 9.17) is 0 Å². The summed E-state index contributed by atoms with van der Waals surface area (Å²) in [7, 11) is 0. The summed E-state index contributed by atoms with van der Waals surface area (Å²) in [5.74, 6) is -0.124. The lowest BCUT2D eigenvalue weighted by Crippen LogP contribution is -2.39. The van der Waals surface area contributed by atoms with E-state index in [1.807, 2.05) is 37.3 Å². The molecule has 3 nitrogen and oxygen atoms in total. The van der Waals surface area contributed by atoms with E-state index >= 15 is 0 Å². The summed E-state index contributed by atoms with van der Waals surface area (Å²) >= 11 is 0. The molecule has 0 aromatic heterocycles. The minimum atomic E-state index is -0.124. The number of carbonyl (C=O) groups is 1. The number of rotatable bonds is 4. The minimum Gasteiger partial charge on any atom is -0.287 e. The monoisotopic (exact) mass is 254 g/mol. The SMILES string of the molecule is Cc1ccccc1[C@@H](C)NNC(=O)c1ccccc1. The van der Waals surface area contributed by atoms with Gasteiger partial charge in [0.15, 0.2) is 0 Å². The normalized spacial score (nSPS) is 11.9. The third kappa shape index (κ3) is 3.42. The molecule has 2 aromatic rings. The number of benzene rings is 2. The first-order valence-corrected chi connectivity index (χ1v) is 6.35. The molecule has 0 spiro atoms. The van der Waals surface area contributed by atoms with E-state index in [0.29, 0.717) is 5.56 Å². The van der Waals surface area contributed by atoms with E-state index in [1.54, 1.807) is 12.1 Å². The third-order valence-electron chi connectivity index (χ3n) is 3.09. The fourth-order valence-corrected chi connectivity index (χ4v) is 1.99. The fraction of sp³-hybridized carbons (Fsp3) is 0.188. The molecule has 0 unspecified atom stereocenters. The Morgan fingerprint density at radius 1 is 1.00 bits per heavy atom. The predicted octanol–water partition coefficient (Wildman–Crippen LogP) is 2.99. The van der Waals surface area contributed by atoms with E-state index in [9.17, 15) is 4.79 Å². The van der Waals surface area contributed by atoms with Crippen LogP contribution in [0.3, 0.4) is 0 Å². The minimum absolute atomic E-state index is 0.0638. The molecule has 1 amide bonds. The second kappa shape index (κ2) is 6.16. The summed E-state index contributed by atoms with van der Waals surface area (Å²) in [4.78, 5) is 11.9. The first kappa shape index (κ1) is 13.3. The molecule has 3 heteroatoms. The highest BCUT2D eigenvalue weighted by atomic mass is 16.2. The molecule has 0 fully saturated rings. The number of carbonyl (C=O) groups excluding carboxylic acids is 1. The van der Waals surface area contributed by atoms with Crippen molar-refractivity contribution in [2.24, 2.45) is 0 Å². The fourth-order valence-electron chi connectivity index (χ4n) is 1.99. The number of hydrogen-bond acceptors (Lipinski definition) is 2. The summed E-state index contributed by atoms with van der Waals surface area (Å²) in [5.41, 5.74) is 8.80. The van der Waals surface area contributed by atoms with Crippen molar-refractivity contribution in [1.29, 1.82) is 0 Å². The van der Waals surface area contributed by atoms with Crippen LogP contribution >= 0.6 is 0 Å². The topological polar surface area (TPSA) is 41.1 Å². The Labute approximate surface area is 113 Å². The first-order chi connectivity index (χ1) is 9.18. The average Bonchev–Trinajstić information content (AvgIpc) is 2.46. The maximum Gasteiger partial charge on any atom is 0.265 e. The molecule has 0 bridgehead atoms. The van der Waals surface area contributed by atoms with Gasteiger partial charge < -0.3 is 0 Å². The van der Waals surface area contributed by atoms with Gasteiger partial charge in [-0.2, -0.15) is 0 Å². The Morgan fingerprint density at radius 2 is 1.63 bits per heavy atom. The molecule has 19 heavy (non-hydrogen) atoms. The quantitative estimate of drug-likeness (QED) is 0.823. The Kier molecular flexibility index (Phi) is 4.31. The van der Waals surface area contributed by atoms with E-state index < -0.39 is 0 Å². The van der Waals surface area contributed by atoms with Gasteiger partial charge in [0, 0.05) is 11.6 Å². The Morgan fingerprint density at radius 3 is 2.32 bits per heavy atom. The van der Waals surface area contributed by atoms with Crippen LogP contribution in [0.2, 0.25) is 0 Å². The maximum absolute atomic E-state index is 11.9. The third-order valence-corrected chi connectivity index (χ3v) is 3.09. The van der Waals surface area contributed by atoms with Gasteiger partial charge in [0.2, 0.25) is 0 Å². The molecule has 0 heterocycles. The Bertz CT molecular complexity index is 552. The molecular weight excluding hydrogens is 236 g/mol. The lowest BCUT2D eigenvalue weighted by Gasteiger charge is -2.17. The number of hydrogen-bond donors (Lipinski definition) is 2. The summed E-state index contributed by atoms with van der Waals surface area (Å²) in [5, 5.41) is 0. The van der Waals surface area contributed by atoms with Crippen LogP contribution in [-0.4, -0.2) is 5.91 Å². The van der Waals surface area contributed by atoms with Crippen LogP contribution in [0.25, 0.3) is 0 Å². The lowest BCUT2D eigenvalue weighted by molar-refractivity contribution is 0.0926. The zero-order chi connectivity index (χ0) is 13.7. The molecule has 0 saturated heterocycles. The van der Waals surface area contributed by atoms with Gasteiger partial charge in [-0.1, -0.05) is 42.5 Å². The first-order valence-electron chi connectivity index (χ1n) is 6.35. The molecule has 1 atom stereocenters. The molecule has 2 N–H and O–H groups in total. The molecule has 0 aliphatic heterocycles. The van der Waals surface area contributed by atoms with E-state index in [0.717, 1.165) is 0 Å². The number of hydrazine groups is 1. The highest BCUT2D eigenvalue weighted by molar-refractivity contribution is 5.93. The molecule has 0 saturated carbocycles. The summed E-state index contributed by atoms with van der Waals surface area (Å²) in [6.07, 6.45) is 0. The smallest absolute Gasteiger partial charge is 0.265 e. The molecule has 0 aliphatic carbocycles. The van der Waals surface area contributed by atoms with Crippen LogP contribution < -0.4 is 10.9 Å². The molecule has 0 radical (unpaired) electrons. The second-order valence-electron chi connectivity index (χ2n) is 4.54. The van der Waals surface area contributed by atoms with Crippen LogP contribution in [0.4, 0.5) is 0 Å². The Hall–Kier alpha value is -2.13. The largest absolute Gasteiger partial charge is 0.287 e. The van der Waals surface area contributed by atoms with Crippen LogP contribution in [0, 0.1) is 6.92 Å². The van der Waals surface area contributed by atoms with Gasteiger partial charge in [0.05, 0.1) is 0 Å². The summed E-state index contributed by atoms with van der Waals surface area (Å²) in [6, 6.07) is 17.3. The van der Waals surface area contributed by atoms with Crippen molar-refractivity contribution in [3.63, 3.8) is 0 Å². The van der Waals surface area contributed by atoms with Crippen LogP contribution in [0.1, 0.15) is 34.5 Å². The van der Waals surface area contributed by atoms with Crippen molar-refractivity contribution in [2.75, 3.05) is 0 Å². The highest BCUT2D eigenvalue weighted by Crippen LogP contribution is 2.15. The summed E-state index contributed by atoms with van der Waals surface area (Å²) < 4.78 is 0. The van der Waals surface area contributed by atoms with E-state index in [2.05, 4.69) is 29.9 Å². The summed E-state index contributed by atoms with van der Waals surface area (Å²) in [6.45, 7) is 4.08. The van der Waals surface area contributed by atoms with E-state index in [1.165, 1.54) is 11.1 Å². The standard InChI is InChI=1S/C16H18N2O/c1-12-8-6-7-11-15(12)13(2)17-18-16(19)14-9-4-3-5-10-14/h3-11,13,17H,1-2H3,(H,18,19)/t13-/m1/s1. The maximum atomic E-state index is 11.9. The van der Waals surface area contributed by atoms with Gasteiger partial charge >= 0.3 is 0 Å². The van der Waals surface area contributed by atoms with Crippen molar-refractivity contribution in [2.45, 2.75) is 19.9 Å². The lowest BCUT2D eigenvalue weighted by atomic mass is 10.0. The predicted molar refractivity (Wildman–Crippen MR) is 76.6 cm³/mol. The Balaban J connectivity index is 1.96. The van der Waals surface area contributed by atoms with Crippen molar-refractivity contribution in [3.8, 4) is 0 Å². The number of aryl methyl sites for hydroxylation is 1.